The second kappa shape index (κ2) is 5.74. The average molecular weight is 262 g/mol. The quantitative estimate of drug-likeness (QED) is 0.843. The molecule has 104 valence electrons. The van der Waals surface area contributed by atoms with Crippen LogP contribution >= 0.6 is 0 Å². The van der Waals surface area contributed by atoms with E-state index in [-0.39, 0.29) is 5.91 Å². The Morgan fingerprint density at radius 2 is 2.26 bits per heavy atom. The van der Waals surface area contributed by atoms with Crippen LogP contribution in [0.1, 0.15) is 25.7 Å². The number of aryl methyl sites for hydroxylation is 1. The van der Waals surface area contributed by atoms with Gasteiger partial charge >= 0.3 is 0 Å². The number of nitrogens with one attached hydrogen (secondary N) is 2. The molecule has 1 aromatic rings. The lowest BCUT2D eigenvalue weighted by Gasteiger charge is -2.31. The van der Waals surface area contributed by atoms with Crippen LogP contribution in [0.5, 0.6) is 0 Å². The predicted octanol–water partition coefficient (Wildman–Crippen LogP) is 0.777. The van der Waals surface area contributed by atoms with E-state index in [0.717, 1.165) is 31.2 Å². The molecule has 0 spiro atoms. The highest BCUT2D eigenvalue weighted by molar-refractivity contribution is 5.76. The second-order valence-corrected chi connectivity index (χ2v) is 5.81. The van der Waals surface area contributed by atoms with E-state index in [9.17, 15) is 4.79 Å². The largest absolute Gasteiger partial charge is 0.353 e. The van der Waals surface area contributed by atoms with E-state index < -0.39 is 0 Å². The summed E-state index contributed by atoms with van der Waals surface area (Å²) in [6, 6.07) is 0.386. The molecule has 2 fully saturated rings. The van der Waals surface area contributed by atoms with Gasteiger partial charge in [0.25, 0.3) is 0 Å². The third-order valence-corrected chi connectivity index (χ3v) is 4.47. The van der Waals surface area contributed by atoms with Crippen LogP contribution in [0.25, 0.3) is 0 Å². The maximum absolute atomic E-state index is 11.9. The molecule has 3 atom stereocenters. The number of fused-ring (bicyclic) bond motifs is 1. The summed E-state index contributed by atoms with van der Waals surface area (Å²) in [6.07, 6.45) is 9.47. The van der Waals surface area contributed by atoms with Crippen LogP contribution in [-0.4, -0.2) is 34.6 Å². The van der Waals surface area contributed by atoms with Gasteiger partial charge in [0.15, 0.2) is 0 Å². The number of hydrogen-bond acceptors (Lipinski definition) is 3. The molecular formula is C14H22N4O. The molecule has 1 amide bonds. The first-order valence-corrected chi connectivity index (χ1v) is 7.27. The van der Waals surface area contributed by atoms with E-state index in [1.54, 1.807) is 12.5 Å². The van der Waals surface area contributed by atoms with Crippen molar-refractivity contribution < 1.29 is 4.79 Å². The van der Waals surface area contributed by atoms with Crippen LogP contribution in [0.3, 0.4) is 0 Å². The third-order valence-electron chi connectivity index (χ3n) is 4.47. The Hall–Kier alpha value is -1.36. The van der Waals surface area contributed by atoms with Gasteiger partial charge in [0.2, 0.25) is 5.91 Å². The van der Waals surface area contributed by atoms with Gasteiger partial charge in [-0.3, -0.25) is 4.79 Å². The van der Waals surface area contributed by atoms with Gasteiger partial charge in [0.05, 0.1) is 6.33 Å². The van der Waals surface area contributed by atoms with Gasteiger partial charge in [-0.05, 0) is 44.2 Å². The van der Waals surface area contributed by atoms with E-state index >= 15 is 0 Å². The van der Waals surface area contributed by atoms with Crippen LogP contribution in [0.4, 0.5) is 0 Å². The Morgan fingerprint density at radius 1 is 1.37 bits per heavy atom. The van der Waals surface area contributed by atoms with Crippen molar-refractivity contribution in [3.05, 3.63) is 18.7 Å². The summed E-state index contributed by atoms with van der Waals surface area (Å²) in [4.78, 5) is 15.9. The van der Waals surface area contributed by atoms with Crippen molar-refractivity contribution in [3.63, 3.8) is 0 Å². The van der Waals surface area contributed by atoms with E-state index in [0.29, 0.717) is 19.0 Å². The number of imidazole rings is 1. The van der Waals surface area contributed by atoms with Crippen LogP contribution in [-0.2, 0) is 11.3 Å². The van der Waals surface area contributed by atoms with Crippen LogP contribution in [0, 0.1) is 11.8 Å². The Bertz CT molecular complexity index is 417. The summed E-state index contributed by atoms with van der Waals surface area (Å²) in [5.74, 6) is 1.79. The molecule has 1 saturated heterocycles. The molecule has 1 aromatic heterocycles. The minimum Gasteiger partial charge on any atom is -0.353 e. The van der Waals surface area contributed by atoms with Gasteiger partial charge in [0.1, 0.15) is 0 Å². The molecule has 2 heterocycles. The van der Waals surface area contributed by atoms with Crippen molar-refractivity contribution in [2.24, 2.45) is 11.8 Å². The summed E-state index contributed by atoms with van der Waals surface area (Å²) >= 11 is 0. The standard InChI is InChI=1S/C14H22N4O/c19-14(3-5-18-6-4-15-10-18)17-13-2-1-11-8-16-9-12(11)7-13/h4,6,10-13,16H,1-3,5,7-9H2,(H,17,19)/t11-,12+,13?/m0/s1. The van der Waals surface area contributed by atoms with Gasteiger partial charge in [0, 0.05) is 31.4 Å². The van der Waals surface area contributed by atoms with Gasteiger partial charge in [-0.25, -0.2) is 4.98 Å². The average Bonchev–Trinajstić information content (AvgIpc) is 3.07. The zero-order valence-electron chi connectivity index (χ0n) is 11.2. The fourth-order valence-electron chi connectivity index (χ4n) is 3.38. The van der Waals surface area contributed by atoms with E-state index in [4.69, 9.17) is 0 Å². The monoisotopic (exact) mass is 262 g/mol. The lowest BCUT2D eigenvalue weighted by molar-refractivity contribution is -0.122. The Labute approximate surface area is 113 Å². The first-order valence-electron chi connectivity index (χ1n) is 7.27. The van der Waals surface area contributed by atoms with Crippen molar-refractivity contribution >= 4 is 5.91 Å². The summed E-state index contributed by atoms with van der Waals surface area (Å²) in [7, 11) is 0. The molecule has 5 heteroatoms. The zero-order valence-corrected chi connectivity index (χ0v) is 11.2. The zero-order chi connectivity index (χ0) is 13.1. The van der Waals surface area contributed by atoms with Crippen LogP contribution in [0.2, 0.25) is 0 Å². The van der Waals surface area contributed by atoms with Crippen LogP contribution in [0.15, 0.2) is 18.7 Å². The summed E-state index contributed by atoms with van der Waals surface area (Å²) in [6.45, 7) is 3.02. The molecule has 2 N–H and O–H groups in total. The van der Waals surface area contributed by atoms with Crippen molar-refractivity contribution in [1.29, 1.82) is 0 Å². The lowest BCUT2D eigenvalue weighted by atomic mass is 9.79. The highest BCUT2D eigenvalue weighted by Gasteiger charge is 2.34. The number of nitrogens with zero attached hydrogens (tertiary/aromatic N) is 2. The van der Waals surface area contributed by atoms with E-state index in [1.807, 2.05) is 10.8 Å². The lowest BCUT2D eigenvalue weighted by Crippen LogP contribution is -2.40. The molecule has 2 aliphatic rings. The summed E-state index contributed by atoms with van der Waals surface area (Å²) in [5, 5.41) is 6.65. The predicted molar refractivity (Wildman–Crippen MR) is 72.5 cm³/mol. The van der Waals surface area contributed by atoms with Gasteiger partial charge in [-0.15, -0.1) is 0 Å². The maximum Gasteiger partial charge on any atom is 0.222 e. The van der Waals surface area contributed by atoms with E-state index in [2.05, 4.69) is 15.6 Å². The number of carbonyl (C=O) groups is 1. The molecule has 0 aromatic carbocycles. The number of carbonyl (C=O) groups excluding carboxylic acids is 1. The Balaban J connectivity index is 1.42. The number of rotatable bonds is 4. The number of amides is 1. The minimum atomic E-state index is 0.170. The molecule has 1 unspecified atom stereocenters. The van der Waals surface area contributed by atoms with Crippen LogP contribution < -0.4 is 10.6 Å². The second-order valence-electron chi connectivity index (χ2n) is 5.81. The normalized spacial score (nSPS) is 30.0. The van der Waals surface area contributed by atoms with Gasteiger partial charge in [-0.1, -0.05) is 0 Å². The molecule has 1 saturated carbocycles. The van der Waals surface area contributed by atoms with Crippen molar-refractivity contribution in [1.82, 2.24) is 20.2 Å². The first kappa shape index (κ1) is 12.7. The molecule has 0 radical (unpaired) electrons. The molecule has 1 aliphatic heterocycles. The Morgan fingerprint density at radius 3 is 3.11 bits per heavy atom. The molecule has 19 heavy (non-hydrogen) atoms. The third kappa shape index (κ3) is 3.15. The topological polar surface area (TPSA) is 59.0 Å². The van der Waals surface area contributed by atoms with Crippen molar-refractivity contribution in [2.45, 2.75) is 38.3 Å². The summed E-state index contributed by atoms with van der Waals surface area (Å²) in [5.41, 5.74) is 0. The van der Waals surface area contributed by atoms with Gasteiger partial charge < -0.3 is 15.2 Å². The highest BCUT2D eigenvalue weighted by atomic mass is 16.1. The van der Waals surface area contributed by atoms with E-state index in [1.165, 1.54) is 13.0 Å². The smallest absolute Gasteiger partial charge is 0.222 e. The molecule has 1 aliphatic carbocycles. The molecule has 5 nitrogen and oxygen atoms in total. The minimum absolute atomic E-state index is 0.170. The fourth-order valence-corrected chi connectivity index (χ4v) is 3.38. The molecular weight excluding hydrogens is 240 g/mol. The molecule has 0 bridgehead atoms. The summed E-state index contributed by atoms with van der Waals surface area (Å²) < 4.78 is 1.94. The SMILES string of the molecule is O=C(CCn1ccnc1)NC1CC[C@H]2CNC[C@H]2C1. The van der Waals surface area contributed by atoms with Crippen molar-refractivity contribution in [3.8, 4) is 0 Å². The van der Waals surface area contributed by atoms with Gasteiger partial charge in [-0.2, -0.15) is 0 Å². The van der Waals surface area contributed by atoms with Crippen molar-refractivity contribution in [2.75, 3.05) is 13.1 Å². The number of hydrogen-bond donors (Lipinski definition) is 2. The number of aromatic nitrogens is 2. The fraction of sp³-hybridized carbons (Fsp3) is 0.714. The highest BCUT2D eigenvalue weighted by Crippen LogP contribution is 2.32. The molecule has 3 rings (SSSR count). The Kier molecular flexibility index (Phi) is 3.82. The first-order chi connectivity index (χ1) is 9.31. The maximum atomic E-state index is 11.9.